The number of primary amides is 1. The van der Waals surface area contributed by atoms with E-state index in [1.165, 1.54) is 12.1 Å². The molecular weight excluding hydrogens is 266 g/mol. The Hall–Kier alpha value is -1.59. The number of hydrogen-bond acceptors (Lipinski definition) is 3. The Balaban J connectivity index is 2.55. The maximum atomic E-state index is 11.6. The normalized spacial score (nSPS) is 11.9. The summed E-state index contributed by atoms with van der Waals surface area (Å²) in [5.41, 5.74) is 11.5. The Labute approximate surface area is 117 Å². The van der Waals surface area contributed by atoms with Crippen molar-refractivity contribution in [1.29, 1.82) is 0 Å². The lowest BCUT2D eigenvalue weighted by Gasteiger charge is -2.08. The molecule has 5 nitrogen and oxygen atoms in total. The molecule has 19 heavy (non-hydrogen) atoms. The van der Waals surface area contributed by atoms with Gasteiger partial charge >= 0.3 is 0 Å². The second-order valence-electron chi connectivity index (χ2n) is 4.48. The zero-order valence-corrected chi connectivity index (χ0v) is 11.5. The van der Waals surface area contributed by atoms with Crippen LogP contribution in [0, 0.1) is 0 Å². The van der Waals surface area contributed by atoms with Crippen molar-refractivity contribution in [3.8, 4) is 0 Å². The summed E-state index contributed by atoms with van der Waals surface area (Å²) < 4.78 is 0. The zero-order chi connectivity index (χ0) is 14.4. The van der Waals surface area contributed by atoms with Gasteiger partial charge in [-0.15, -0.1) is 0 Å². The van der Waals surface area contributed by atoms with Gasteiger partial charge in [-0.05, 0) is 38.0 Å². The average molecular weight is 284 g/mol. The fourth-order valence-corrected chi connectivity index (χ4v) is 1.87. The lowest BCUT2D eigenvalue weighted by molar-refractivity contribution is -0.116. The molecule has 1 atom stereocenters. The summed E-state index contributed by atoms with van der Waals surface area (Å²) >= 11 is 5.89. The minimum atomic E-state index is -0.597. The monoisotopic (exact) mass is 283 g/mol. The van der Waals surface area contributed by atoms with Crippen molar-refractivity contribution in [3.05, 3.63) is 28.8 Å². The van der Waals surface area contributed by atoms with Crippen LogP contribution in [0.4, 0.5) is 5.69 Å². The van der Waals surface area contributed by atoms with Crippen molar-refractivity contribution in [1.82, 2.24) is 0 Å². The molecule has 6 heteroatoms. The standard InChI is InChI=1S/C13H18ClN3O2/c1-8(15)3-2-4-12(18)17-9-5-6-10(13(16)19)11(14)7-9/h5-8H,2-4,15H2,1H3,(H2,16,19)(H,17,18). The maximum absolute atomic E-state index is 11.6. The first-order valence-electron chi connectivity index (χ1n) is 6.05. The molecule has 0 radical (unpaired) electrons. The molecule has 0 aliphatic rings. The molecule has 0 saturated carbocycles. The summed E-state index contributed by atoms with van der Waals surface area (Å²) in [4.78, 5) is 22.6. The zero-order valence-electron chi connectivity index (χ0n) is 10.8. The number of rotatable bonds is 6. The third-order valence-electron chi connectivity index (χ3n) is 2.58. The molecule has 2 amide bonds. The number of carbonyl (C=O) groups is 2. The van der Waals surface area contributed by atoms with Crippen molar-refractivity contribution < 1.29 is 9.59 Å². The smallest absolute Gasteiger partial charge is 0.250 e. The molecule has 0 bridgehead atoms. The van der Waals surface area contributed by atoms with Gasteiger partial charge in [0.15, 0.2) is 0 Å². The Morgan fingerprint density at radius 2 is 2.11 bits per heavy atom. The van der Waals surface area contributed by atoms with E-state index < -0.39 is 5.91 Å². The van der Waals surface area contributed by atoms with Crippen LogP contribution in [0.5, 0.6) is 0 Å². The number of anilines is 1. The maximum Gasteiger partial charge on any atom is 0.250 e. The number of amides is 2. The van der Waals surface area contributed by atoms with Crippen LogP contribution in [-0.2, 0) is 4.79 Å². The molecule has 0 aliphatic heterocycles. The van der Waals surface area contributed by atoms with E-state index in [1.54, 1.807) is 6.07 Å². The van der Waals surface area contributed by atoms with Gasteiger partial charge in [0.2, 0.25) is 11.8 Å². The van der Waals surface area contributed by atoms with E-state index in [9.17, 15) is 9.59 Å². The fourth-order valence-electron chi connectivity index (χ4n) is 1.60. The van der Waals surface area contributed by atoms with Gasteiger partial charge in [-0.3, -0.25) is 9.59 Å². The molecule has 1 aromatic carbocycles. The van der Waals surface area contributed by atoms with Crippen molar-refractivity contribution in [3.63, 3.8) is 0 Å². The van der Waals surface area contributed by atoms with Crippen LogP contribution in [0.25, 0.3) is 0 Å². The number of carbonyl (C=O) groups excluding carboxylic acids is 2. The molecule has 0 aromatic heterocycles. The molecule has 1 unspecified atom stereocenters. The first-order valence-corrected chi connectivity index (χ1v) is 6.42. The van der Waals surface area contributed by atoms with E-state index in [2.05, 4.69) is 5.32 Å². The molecule has 1 rings (SSSR count). The van der Waals surface area contributed by atoms with Crippen LogP contribution in [0.1, 0.15) is 36.5 Å². The molecule has 0 spiro atoms. The Kier molecular flexibility index (Phi) is 5.79. The second-order valence-corrected chi connectivity index (χ2v) is 4.88. The molecule has 104 valence electrons. The first kappa shape index (κ1) is 15.5. The van der Waals surface area contributed by atoms with E-state index in [0.29, 0.717) is 12.1 Å². The highest BCUT2D eigenvalue weighted by molar-refractivity contribution is 6.34. The quantitative estimate of drug-likeness (QED) is 0.743. The SMILES string of the molecule is CC(N)CCCC(=O)Nc1ccc(C(N)=O)c(Cl)c1. The lowest BCUT2D eigenvalue weighted by Crippen LogP contribution is -2.17. The van der Waals surface area contributed by atoms with E-state index in [-0.39, 0.29) is 22.5 Å². The highest BCUT2D eigenvalue weighted by atomic mass is 35.5. The van der Waals surface area contributed by atoms with Gasteiger partial charge in [0.1, 0.15) is 0 Å². The molecule has 5 N–H and O–H groups in total. The number of nitrogens with one attached hydrogen (secondary N) is 1. The van der Waals surface area contributed by atoms with Gasteiger partial charge in [0.05, 0.1) is 10.6 Å². The van der Waals surface area contributed by atoms with Crippen LogP contribution >= 0.6 is 11.6 Å². The van der Waals surface area contributed by atoms with Gasteiger partial charge in [0, 0.05) is 18.2 Å². The summed E-state index contributed by atoms with van der Waals surface area (Å²) in [7, 11) is 0. The molecule has 1 aromatic rings. The summed E-state index contributed by atoms with van der Waals surface area (Å²) in [6, 6.07) is 4.68. The number of hydrogen-bond donors (Lipinski definition) is 3. The number of halogens is 1. The minimum Gasteiger partial charge on any atom is -0.366 e. The lowest BCUT2D eigenvalue weighted by atomic mass is 10.1. The van der Waals surface area contributed by atoms with E-state index in [0.717, 1.165) is 12.8 Å². The molecule has 0 fully saturated rings. The van der Waals surface area contributed by atoms with Gasteiger partial charge in [0.25, 0.3) is 0 Å². The van der Waals surface area contributed by atoms with Crippen LogP contribution in [0.2, 0.25) is 5.02 Å². The van der Waals surface area contributed by atoms with Crippen LogP contribution in [-0.4, -0.2) is 17.9 Å². The van der Waals surface area contributed by atoms with Gasteiger partial charge in [-0.1, -0.05) is 11.6 Å². The minimum absolute atomic E-state index is 0.0945. The largest absolute Gasteiger partial charge is 0.366 e. The van der Waals surface area contributed by atoms with Crippen molar-refractivity contribution in [2.75, 3.05) is 5.32 Å². The van der Waals surface area contributed by atoms with Crippen LogP contribution < -0.4 is 16.8 Å². The van der Waals surface area contributed by atoms with Crippen molar-refractivity contribution >= 4 is 29.1 Å². The summed E-state index contributed by atoms with van der Waals surface area (Å²) in [6.07, 6.45) is 1.93. The molecular formula is C13H18ClN3O2. The Morgan fingerprint density at radius 3 is 2.63 bits per heavy atom. The van der Waals surface area contributed by atoms with E-state index in [4.69, 9.17) is 23.1 Å². The van der Waals surface area contributed by atoms with Gasteiger partial charge < -0.3 is 16.8 Å². The highest BCUT2D eigenvalue weighted by Crippen LogP contribution is 2.20. The predicted octanol–water partition coefficient (Wildman–Crippen LogP) is 1.89. The van der Waals surface area contributed by atoms with Gasteiger partial charge in [-0.25, -0.2) is 0 Å². The van der Waals surface area contributed by atoms with E-state index >= 15 is 0 Å². The third kappa shape index (κ3) is 5.28. The van der Waals surface area contributed by atoms with Crippen molar-refractivity contribution in [2.24, 2.45) is 11.5 Å². The topological polar surface area (TPSA) is 98.2 Å². The Bertz CT molecular complexity index is 475. The summed E-state index contributed by atoms with van der Waals surface area (Å²) in [5.74, 6) is -0.705. The predicted molar refractivity (Wildman–Crippen MR) is 76.1 cm³/mol. The van der Waals surface area contributed by atoms with E-state index in [1.807, 2.05) is 6.92 Å². The van der Waals surface area contributed by atoms with Crippen molar-refractivity contribution in [2.45, 2.75) is 32.2 Å². The number of benzene rings is 1. The Morgan fingerprint density at radius 1 is 1.42 bits per heavy atom. The molecule has 0 aliphatic carbocycles. The average Bonchev–Trinajstić information content (AvgIpc) is 2.27. The molecule has 0 saturated heterocycles. The second kappa shape index (κ2) is 7.11. The molecule has 0 heterocycles. The first-order chi connectivity index (χ1) is 8.90. The highest BCUT2D eigenvalue weighted by Gasteiger charge is 2.09. The van der Waals surface area contributed by atoms with Gasteiger partial charge in [-0.2, -0.15) is 0 Å². The number of nitrogens with two attached hydrogens (primary N) is 2. The third-order valence-corrected chi connectivity index (χ3v) is 2.89. The summed E-state index contributed by atoms with van der Waals surface area (Å²) in [6.45, 7) is 1.90. The summed E-state index contributed by atoms with van der Waals surface area (Å²) in [5, 5.41) is 2.93. The van der Waals surface area contributed by atoms with Crippen LogP contribution in [0.3, 0.4) is 0 Å². The van der Waals surface area contributed by atoms with Crippen LogP contribution in [0.15, 0.2) is 18.2 Å². The fraction of sp³-hybridized carbons (Fsp3) is 0.385.